The van der Waals surface area contributed by atoms with Crippen molar-refractivity contribution >= 4 is 11.7 Å². The second kappa shape index (κ2) is 5.52. The normalized spacial score (nSPS) is 10.2. The van der Waals surface area contributed by atoms with Crippen molar-refractivity contribution in [1.29, 1.82) is 0 Å². The maximum Gasteiger partial charge on any atom is 0.340 e. The number of carbonyl (C=O) groups is 1. The molecule has 0 aliphatic rings. The molecule has 0 saturated carbocycles. The number of aryl methyl sites for hydroxylation is 2. The molecule has 1 heterocycles. The van der Waals surface area contributed by atoms with E-state index in [1.165, 1.54) is 0 Å². The van der Waals surface area contributed by atoms with Gasteiger partial charge in [0.15, 0.2) is 0 Å². The molecule has 2 rings (SSSR count). The van der Waals surface area contributed by atoms with Crippen molar-refractivity contribution in [1.82, 2.24) is 4.98 Å². The van der Waals surface area contributed by atoms with Gasteiger partial charge in [-0.1, -0.05) is 18.2 Å². The van der Waals surface area contributed by atoms with Gasteiger partial charge in [-0.15, -0.1) is 0 Å². The number of esters is 1. The quantitative estimate of drug-likeness (QED) is 0.677. The van der Waals surface area contributed by atoms with Crippen LogP contribution < -0.4 is 5.73 Å². The maximum atomic E-state index is 12.0. The van der Waals surface area contributed by atoms with Crippen LogP contribution in [-0.4, -0.2) is 11.0 Å². The summed E-state index contributed by atoms with van der Waals surface area (Å²) < 4.78 is 5.25. The maximum absolute atomic E-state index is 12.0. The molecule has 19 heavy (non-hydrogen) atoms. The first-order valence-corrected chi connectivity index (χ1v) is 6.02. The summed E-state index contributed by atoms with van der Waals surface area (Å²) in [5.41, 5.74) is 9.08. The van der Waals surface area contributed by atoms with Crippen LogP contribution in [0.15, 0.2) is 36.4 Å². The molecule has 0 amide bonds. The molecule has 0 atom stereocenters. The van der Waals surface area contributed by atoms with Gasteiger partial charge in [-0.3, -0.25) is 4.98 Å². The zero-order valence-corrected chi connectivity index (χ0v) is 11.0. The summed E-state index contributed by atoms with van der Waals surface area (Å²) in [5, 5.41) is 0. The summed E-state index contributed by atoms with van der Waals surface area (Å²) in [4.78, 5) is 16.3. The van der Waals surface area contributed by atoms with Crippen molar-refractivity contribution < 1.29 is 9.53 Å². The second-order valence-corrected chi connectivity index (χ2v) is 4.39. The van der Waals surface area contributed by atoms with Crippen LogP contribution in [0.25, 0.3) is 0 Å². The number of nitrogen functional groups attached to an aromatic ring is 1. The van der Waals surface area contributed by atoms with Crippen LogP contribution in [0.3, 0.4) is 0 Å². The van der Waals surface area contributed by atoms with Gasteiger partial charge >= 0.3 is 5.97 Å². The fourth-order valence-electron chi connectivity index (χ4n) is 1.86. The van der Waals surface area contributed by atoms with Crippen molar-refractivity contribution in [3.63, 3.8) is 0 Å². The number of hydrogen-bond acceptors (Lipinski definition) is 4. The molecule has 98 valence electrons. The Morgan fingerprint density at radius 2 is 1.95 bits per heavy atom. The van der Waals surface area contributed by atoms with E-state index >= 15 is 0 Å². The molecule has 0 radical (unpaired) electrons. The monoisotopic (exact) mass is 256 g/mol. The van der Waals surface area contributed by atoms with Gasteiger partial charge in [-0.2, -0.15) is 0 Å². The lowest BCUT2D eigenvalue weighted by Gasteiger charge is -2.09. The molecule has 0 fully saturated rings. The molecule has 1 aromatic carbocycles. The Labute approximate surface area is 112 Å². The minimum absolute atomic E-state index is 0.147. The number of carbonyl (C=O) groups excluding carboxylic acids is 1. The third kappa shape index (κ3) is 3.10. The summed E-state index contributed by atoms with van der Waals surface area (Å²) in [7, 11) is 0. The molecule has 2 N–H and O–H groups in total. The molecule has 4 heteroatoms. The van der Waals surface area contributed by atoms with E-state index in [1.807, 2.05) is 44.2 Å². The highest BCUT2D eigenvalue weighted by Crippen LogP contribution is 2.17. The lowest BCUT2D eigenvalue weighted by molar-refractivity contribution is 0.0468. The zero-order chi connectivity index (χ0) is 13.8. The predicted octanol–water partition coefficient (Wildman–Crippen LogP) is 2.64. The van der Waals surface area contributed by atoms with E-state index in [2.05, 4.69) is 4.98 Å². The average molecular weight is 256 g/mol. The number of aromatic nitrogens is 1. The largest absolute Gasteiger partial charge is 0.456 e. The number of nitrogens with zero attached hydrogens (tertiary/aromatic N) is 1. The number of benzene rings is 1. The van der Waals surface area contributed by atoms with Gasteiger partial charge in [0.1, 0.15) is 6.61 Å². The molecule has 4 nitrogen and oxygen atoms in total. The van der Waals surface area contributed by atoms with Crippen LogP contribution in [0.5, 0.6) is 0 Å². The number of anilines is 1. The number of hydrogen-bond donors (Lipinski definition) is 1. The molecule has 0 aliphatic carbocycles. The number of nitrogens with two attached hydrogens (primary N) is 1. The summed E-state index contributed by atoms with van der Waals surface area (Å²) in [6.07, 6.45) is 0. The third-order valence-corrected chi connectivity index (χ3v) is 2.81. The van der Waals surface area contributed by atoms with Gasteiger partial charge < -0.3 is 10.5 Å². The fourth-order valence-corrected chi connectivity index (χ4v) is 1.86. The second-order valence-electron chi connectivity index (χ2n) is 4.39. The molecule has 0 saturated heterocycles. The predicted molar refractivity (Wildman–Crippen MR) is 73.7 cm³/mol. The van der Waals surface area contributed by atoms with Crippen molar-refractivity contribution in [2.24, 2.45) is 0 Å². The van der Waals surface area contributed by atoms with Crippen LogP contribution in [0.2, 0.25) is 0 Å². The summed E-state index contributed by atoms with van der Waals surface area (Å²) >= 11 is 0. The molecule has 1 aromatic heterocycles. The highest BCUT2D eigenvalue weighted by Gasteiger charge is 2.14. The molecular weight excluding hydrogens is 240 g/mol. The molecular formula is C15H16N2O2. The molecule has 0 bridgehead atoms. The Morgan fingerprint density at radius 1 is 1.21 bits per heavy atom. The minimum atomic E-state index is -0.418. The van der Waals surface area contributed by atoms with E-state index in [0.29, 0.717) is 11.3 Å². The SMILES string of the molecule is Cc1cccc(COC(=O)c2c(C)cccc2N)n1. The number of rotatable bonds is 3. The Balaban J connectivity index is 2.10. The summed E-state index contributed by atoms with van der Waals surface area (Å²) in [6, 6.07) is 10.9. The van der Waals surface area contributed by atoms with Crippen LogP contribution in [0, 0.1) is 13.8 Å². The highest BCUT2D eigenvalue weighted by atomic mass is 16.5. The van der Waals surface area contributed by atoms with Gasteiger partial charge in [-0.25, -0.2) is 4.79 Å². The Morgan fingerprint density at radius 3 is 2.63 bits per heavy atom. The van der Waals surface area contributed by atoms with E-state index in [4.69, 9.17) is 10.5 Å². The number of ether oxygens (including phenoxy) is 1. The Bertz CT molecular complexity index is 589. The third-order valence-electron chi connectivity index (χ3n) is 2.81. The standard InChI is InChI=1S/C15H16N2O2/c1-10-5-3-8-13(16)14(10)15(18)19-9-12-7-4-6-11(2)17-12/h3-8H,9,16H2,1-2H3. The van der Waals surface area contributed by atoms with Crippen LogP contribution in [0.1, 0.15) is 27.3 Å². The van der Waals surface area contributed by atoms with Crippen molar-refractivity contribution in [2.75, 3.05) is 5.73 Å². The van der Waals surface area contributed by atoms with E-state index < -0.39 is 5.97 Å². The first kappa shape index (κ1) is 13.1. The molecule has 0 spiro atoms. The molecule has 0 aliphatic heterocycles. The number of pyridine rings is 1. The Kier molecular flexibility index (Phi) is 3.80. The van der Waals surface area contributed by atoms with Crippen LogP contribution in [0.4, 0.5) is 5.69 Å². The first-order valence-electron chi connectivity index (χ1n) is 6.02. The summed E-state index contributed by atoms with van der Waals surface area (Å²) in [6.45, 7) is 3.87. The average Bonchev–Trinajstić information content (AvgIpc) is 2.36. The Hall–Kier alpha value is -2.36. The first-order chi connectivity index (χ1) is 9.08. The van der Waals surface area contributed by atoms with Crippen molar-refractivity contribution in [3.05, 3.63) is 58.9 Å². The lowest BCUT2D eigenvalue weighted by Crippen LogP contribution is -2.10. The van der Waals surface area contributed by atoms with Gasteiger partial charge in [0.25, 0.3) is 0 Å². The van der Waals surface area contributed by atoms with Gasteiger partial charge in [0.2, 0.25) is 0 Å². The van der Waals surface area contributed by atoms with Gasteiger partial charge in [-0.05, 0) is 37.6 Å². The van der Waals surface area contributed by atoms with Gasteiger partial charge in [0, 0.05) is 11.4 Å². The van der Waals surface area contributed by atoms with Crippen LogP contribution >= 0.6 is 0 Å². The topological polar surface area (TPSA) is 65.2 Å². The molecule has 2 aromatic rings. The van der Waals surface area contributed by atoms with Crippen molar-refractivity contribution in [2.45, 2.75) is 20.5 Å². The summed E-state index contributed by atoms with van der Waals surface area (Å²) in [5.74, 6) is -0.418. The van der Waals surface area contributed by atoms with E-state index in [0.717, 1.165) is 17.0 Å². The van der Waals surface area contributed by atoms with Crippen molar-refractivity contribution in [3.8, 4) is 0 Å². The zero-order valence-electron chi connectivity index (χ0n) is 11.0. The smallest absolute Gasteiger partial charge is 0.340 e. The molecule has 0 unspecified atom stereocenters. The fraction of sp³-hybridized carbons (Fsp3) is 0.200. The van der Waals surface area contributed by atoms with Crippen LogP contribution in [-0.2, 0) is 11.3 Å². The minimum Gasteiger partial charge on any atom is -0.456 e. The van der Waals surface area contributed by atoms with E-state index in [-0.39, 0.29) is 6.61 Å². The van der Waals surface area contributed by atoms with E-state index in [1.54, 1.807) is 6.07 Å². The van der Waals surface area contributed by atoms with Gasteiger partial charge in [0.05, 0.1) is 11.3 Å². The highest BCUT2D eigenvalue weighted by molar-refractivity contribution is 5.96. The van der Waals surface area contributed by atoms with E-state index in [9.17, 15) is 4.79 Å². The lowest BCUT2D eigenvalue weighted by atomic mass is 10.1.